The maximum atomic E-state index is 13.0. The Bertz CT molecular complexity index is 1280. The summed E-state index contributed by atoms with van der Waals surface area (Å²) in [5, 5.41) is 13.5. The van der Waals surface area contributed by atoms with Gasteiger partial charge in [-0.25, -0.2) is 9.59 Å². The summed E-state index contributed by atoms with van der Waals surface area (Å²) in [4.78, 5) is 37.4. The number of carbonyl (C=O) groups excluding carboxylic acids is 1. The Hall–Kier alpha value is -3.92. The van der Waals surface area contributed by atoms with Gasteiger partial charge in [-0.3, -0.25) is 9.36 Å². The molecule has 1 saturated carbocycles. The first-order chi connectivity index (χ1) is 16.5. The maximum absolute atomic E-state index is 13.0. The molecule has 1 aromatic heterocycles. The van der Waals surface area contributed by atoms with Crippen LogP contribution in [0.2, 0.25) is 0 Å². The average Bonchev–Trinajstić information content (AvgIpc) is 3.22. The Labute approximate surface area is 198 Å². The molecule has 7 heteroatoms. The van der Waals surface area contributed by atoms with E-state index in [0.29, 0.717) is 17.9 Å². The molecule has 3 aromatic rings. The average molecular weight is 458 g/mol. The lowest BCUT2D eigenvalue weighted by Crippen LogP contribution is -2.36. The molecule has 1 aliphatic rings. The molecular weight excluding hydrogens is 430 g/mol. The summed E-state index contributed by atoms with van der Waals surface area (Å²) in [5.41, 5.74) is 2.03. The zero-order chi connectivity index (χ0) is 24.1. The quantitative estimate of drug-likeness (QED) is 0.533. The van der Waals surface area contributed by atoms with E-state index in [-0.39, 0.29) is 23.9 Å². The molecule has 2 atom stereocenters. The molecule has 0 spiro atoms. The number of hydrogen-bond donors (Lipinski definition) is 1. The van der Waals surface area contributed by atoms with Crippen LogP contribution >= 0.6 is 0 Å². The highest BCUT2D eigenvalue weighted by molar-refractivity contribution is 5.96. The second kappa shape index (κ2) is 10.3. The molecule has 1 fully saturated rings. The molecule has 4 rings (SSSR count). The zero-order valence-corrected chi connectivity index (χ0v) is 18.9. The second-order valence-electron chi connectivity index (χ2n) is 8.81. The summed E-state index contributed by atoms with van der Waals surface area (Å²) in [5.74, 6) is 1.66. The number of carboxylic acids is 1. The third-order valence-electron chi connectivity index (χ3n) is 6.55. The first-order valence-corrected chi connectivity index (χ1v) is 11.5. The standard InChI is InChI=1S/C27H27N3O4/c1-2-3-7-19-8-6-9-22(16-19)25(31)30-27(34)29(18-28-30)17-20-12-14-21(15-13-20)23-10-4-5-11-24(23)26(32)33/h1,4-5,10-15,18-19,22H,3,6-9,16-17H2,(H,32,33). The van der Waals surface area contributed by atoms with Crippen molar-refractivity contribution in [1.82, 2.24) is 14.3 Å². The van der Waals surface area contributed by atoms with Gasteiger partial charge in [0.2, 0.25) is 0 Å². The van der Waals surface area contributed by atoms with Gasteiger partial charge in [-0.15, -0.1) is 17.0 Å². The van der Waals surface area contributed by atoms with Crippen molar-refractivity contribution >= 4 is 11.9 Å². The Morgan fingerprint density at radius 2 is 1.88 bits per heavy atom. The molecule has 7 nitrogen and oxygen atoms in total. The van der Waals surface area contributed by atoms with E-state index >= 15 is 0 Å². The largest absolute Gasteiger partial charge is 0.478 e. The molecule has 34 heavy (non-hydrogen) atoms. The topological polar surface area (TPSA) is 94.2 Å². The summed E-state index contributed by atoms with van der Waals surface area (Å²) in [6, 6.07) is 14.2. The number of rotatable bonds is 7. The first-order valence-electron chi connectivity index (χ1n) is 11.5. The van der Waals surface area contributed by atoms with Gasteiger partial charge in [-0.2, -0.15) is 5.10 Å². The fourth-order valence-corrected chi connectivity index (χ4v) is 4.74. The molecule has 1 heterocycles. The monoisotopic (exact) mass is 457 g/mol. The van der Waals surface area contributed by atoms with E-state index < -0.39 is 11.7 Å². The highest BCUT2D eigenvalue weighted by atomic mass is 16.4. The lowest BCUT2D eigenvalue weighted by molar-refractivity contribution is 0.0696. The maximum Gasteiger partial charge on any atom is 0.353 e. The van der Waals surface area contributed by atoms with Crippen LogP contribution in [0, 0.1) is 24.2 Å². The van der Waals surface area contributed by atoms with Crippen LogP contribution in [0.25, 0.3) is 11.1 Å². The molecule has 1 N–H and O–H groups in total. The predicted molar refractivity (Wildman–Crippen MR) is 129 cm³/mol. The number of carbonyl (C=O) groups is 2. The molecule has 0 radical (unpaired) electrons. The summed E-state index contributed by atoms with van der Waals surface area (Å²) >= 11 is 0. The number of benzene rings is 2. The van der Waals surface area contributed by atoms with Gasteiger partial charge in [0.25, 0.3) is 5.91 Å². The van der Waals surface area contributed by atoms with Crippen LogP contribution in [0.4, 0.5) is 0 Å². The van der Waals surface area contributed by atoms with Gasteiger partial charge in [0.1, 0.15) is 6.33 Å². The number of aromatic carboxylic acids is 1. The molecule has 0 bridgehead atoms. The summed E-state index contributed by atoms with van der Waals surface area (Å²) in [7, 11) is 0. The third-order valence-corrected chi connectivity index (χ3v) is 6.55. The molecule has 0 amide bonds. The molecule has 174 valence electrons. The normalized spacial score (nSPS) is 17.7. The minimum Gasteiger partial charge on any atom is -0.478 e. The second-order valence-corrected chi connectivity index (χ2v) is 8.81. The van der Waals surface area contributed by atoms with Crippen LogP contribution in [0.3, 0.4) is 0 Å². The van der Waals surface area contributed by atoms with Crippen LogP contribution in [0.5, 0.6) is 0 Å². The molecule has 1 aliphatic carbocycles. The van der Waals surface area contributed by atoms with Crippen molar-refractivity contribution in [2.75, 3.05) is 0 Å². The fourth-order valence-electron chi connectivity index (χ4n) is 4.74. The Kier molecular flexibility index (Phi) is 7.07. The minimum absolute atomic E-state index is 0.203. The highest BCUT2D eigenvalue weighted by Crippen LogP contribution is 2.32. The van der Waals surface area contributed by atoms with Gasteiger partial charge < -0.3 is 5.11 Å². The van der Waals surface area contributed by atoms with Gasteiger partial charge in [0, 0.05) is 12.3 Å². The first kappa shape index (κ1) is 23.2. The molecule has 0 aliphatic heterocycles. The van der Waals surface area contributed by atoms with E-state index in [1.807, 2.05) is 24.3 Å². The van der Waals surface area contributed by atoms with Crippen LogP contribution in [-0.4, -0.2) is 31.3 Å². The third kappa shape index (κ3) is 5.01. The number of nitrogens with zero attached hydrogens (tertiary/aromatic N) is 3. The fraction of sp³-hybridized carbons (Fsp3) is 0.333. The van der Waals surface area contributed by atoms with Gasteiger partial charge in [-0.1, -0.05) is 55.3 Å². The van der Waals surface area contributed by atoms with E-state index in [1.165, 1.54) is 10.9 Å². The van der Waals surface area contributed by atoms with Crippen molar-refractivity contribution in [2.45, 2.75) is 45.1 Å². The van der Waals surface area contributed by atoms with Crippen molar-refractivity contribution in [3.63, 3.8) is 0 Å². The van der Waals surface area contributed by atoms with E-state index in [1.54, 1.807) is 24.3 Å². The zero-order valence-electron chi connectivity index (χ0n) is 18.9. The van der Waals surface area contributed by atoms with Gasteiger partial charge in [0.15, 0.2) is 0 Å². The van der Waals surface area contributed by atoms with Crippen LogP contribution in [0.1, 0.15) is 59.2 Å². The number of hydrogen-bond acceptors (Lipinski definition) is 4. The van der Waals surface area contributed by atoms with Gasteiger partial charge in [0.05, 0.1) is 12.1 Å². The number of carboxylic acid groups (broad SMARTS) is 1. The Morgan fingerprint density at radius 3 is 2.62 bits per heavy atom. The van der Waals surface area contributed by atoms with Crippen LogP contribution in [0.15, 0.2) is 59.7 Å². The SMILES string of the molecule is C#CCCC1CCCC(C(=O)n2ncn(Cc3ccc(-c4ccccc4C(=O)O)cc3)c2=O)C1. The van der Waals surface area contributed by atoms with Crippen LogP contribution in [-0.2, 0) is 6.54 Å². The lowest BCUT2D eigenvalue weighted by atomic mass is 9.79. The van der Waals surface area contributed by atoms with Crippen molar-refractivity contribution in [3.8, 4) is 23.5 Å². The van der Waals surface area contributed by atoms with Crippen molar-refractivity contribution < 1.29 is 14.7 Å². The number of aromatic nitrogens is 3. The smallest absolute Gasteiger partial charge is 0.353 e. The number of terminal acetylenes is 1. The highest BCUT2D eigenvalue weighted by Gasteiger charge is 2.29. The molecular formula is C27H27N3O4. The van der Waals surface area contributed by atoms with E-state index in [9.17, 15) is 19.5 Å². The van der Waals surface area contributed by atoms with Crippen molar-refractivity contribution in [3.05, 3.63) is 76.5 Å². The van der Waals surface area contributed by atoms with Crippen molar-refractivity contribution in [2.24, 2.45) is 11.8 Å². The van der Waals surface area contributed by atoms with E-state index in [2.05, 4.69) is 11.0 Å². The molecule has 2 unspecified atom stereocenters. The Balaban J connectivity index is 1.47. The summed E-state index contributed by atoms with van der Waals surface area (Å²) < 4.78 is 2.41. The van der Waals surface area contributed by atoms with Crippen molar-refractivity contribution in [1.29, 1.82) is 0 Å². The summed E-state index contributed by atoms with van der Waals surface area (Å²) in [6.07, 6.45) is 11.9. The molecule has 0 saturated heterocycles. The predicted octanol–water partition coefficient (Wildman–Crippen LogP) is 4.32. The van der Waals surface area contributed by atoms with E-state index in [0.717, 1.165) is 47.9 Å². The Morgan fingerprint density at radius 1 is 1.12 bits per heavy atom. The summed E-state index contributed by atoms with van der Waals surface area (Å²) in [6.45, 7) is 0.266. The van der Waals surface area contributed by atoms with Gasteiger partial charge in [-0.05, 0) is 47.9 Å². The van der Waals surface area contributed by atoms with Gasteiger partial charge >= 0.3 is 11.7 Å². The molecule has 2 aromatic carbocycles. The van der Waals surface area contributed by atoms with Crippen LogP contribution < -0.4 is 5.69 Å². The lowest BCUT2D eigenvalue weighted by Gasteiger charge is -2.27. The van der Waals surface area contributed by atoms with E-state index in [4.69, 9.17) is 6.42 Å². The minimum atomic E-state index is -0.983.